The Labute approximate surface area is 121 Å². The number of halogens is 2. The Bertz CT molecular complexity index is 621. The summed E-state index contributed by atoms with van der Waals surface area (Å²) in [6.45, 7) is 1.84. The lowest BCUT2D eigenvalue weighted by atomic mass is 10.1. The molecule has 5 heteroatoms. The average Bonchev–Trinajstić information content (AvgIpc) is 2.37. The molecule has 2 rings (SSSR count). The molecule has 0 radical (unpaired) electrons. The Kier molecular flexibility index (Phi) is 3.98. The number of hydrogen-bond donors (Lipinski definition) is 2. The van der Waals surface area contributed by atoms with E-state index in [4.69, 9.17) is 28.9 Å². The lowest BCUT2D eigenvalue weighted by Crippen LogP contribution is -2.13. The molecule has 1 amide bonds. The van der Waals surface area contributed by atoms with Crippen LogP contribution in [0.15, 0.2) is 36.4 Å². The van der Waals surface area contributed by atoms with Crippen LogP contribution < -0.4 is 11.1 Å². The summed E-state index contributed by atoms with van der Waals surface area (Å²) in [4.78, 5) is 12.1. The number of hydrogen-bond acceptors (Lipinski definition) is 2. The Morgan fingerprint density at radius 3 is 2.53 bits per heavy atom. The predicted molar refractivity (Wildman–Crippen MR) is 80.0 cm³/mol. The van der Waals surface area contributed by atoms with Crippen LogP contribution in [0, 0.1) is 6.92 Å². The van der Waals surface area contributed by atoms with Crippen LogP contribution in [0.1, 0.15) is 15.9 Å². The van der Waals surface area contributed by atoms with Crippen LogP contribution in [0.3, 0.4) is 0 Å². The molecule has 0 heterocycles. The Morgan fingerprint density at radius 2 is 1.89 bits per heavy atom. The molecule has 3 nitrogen and oxygen atoms in total. The standard InChI is InChI=1S/C14H12Cl2N2O/c1-8-7-9(5-6-10(8)15)14(19)18-13-11(16)3-2-4-12(13)17/h2-7H,17H2,1H3,(H,18,19). The van der Waals surface area contributed by atoms with Crippen LogP contribution in [-0.4, -0.2) is 5.91 Å². The van der Waals surface area contributed by atoms with E-state index in [0.717, 1.165) is 5.56 Å². The van der Waals surface area contributed by atoms with Crippen LogP contribution in [0.4, 0.5) is 11.4 Å². The molecule has 0 aliphatic rings. The number of carbonyl (C=O) groups excluding carboxylic acids is 1. The van der Waals surface area contributed by atoms with Crippen molar-refractivity contribution in [2.75, 3.05) is 11.1 Å². The van der Waals surface area contributed by atoms with Gasteiger partial charge in [0.25, 0.3) is 5.91 Å². The highest BCUT2D eigenvalue weighted by Crippen LogP contribution is 2.28. The minimum absolute atomic E-state index is 0.278. The molecule has 0 atom stereocenters. The SMILES string of the molecule is Cc1cc(C(=O)Nc2c(N)cccc2Cl)ccc1Cl. The summed E-state index contributed by atoms with van der Waals surface area (Å²) in [5.41, 5.74) is 7.96. The van der Waals surface area contributed by atoms with Gasteiger partial charge in [0.05, 0.1) is 16.4 Å². The molecule has 0 fully saturated rings. The number of benzene rings is 2. The zero-order valence-corrected chi connectivity index (χ0v) is 11.7. The summed E-state index contributed by atoms with van der Waals surface area (Å²) in [7, 11) is 0. The van der Waals surface area contributed by atoms with Gasteiger partial charge in [-0.25, -0.2) is 0 Å². The molecule has 0 aromatic heterocycles. The maximum atomic E-state index is 12.1. The van der Waals surface area contributed by atoms with E-state index in [2.05, 4.69) is 5.32 Å². The minimum Gasteiger partial charge on any atom is -0.397 e. The number of para-hydroxylation sites is 1. The van der Waals surface area contributed by atoms with Crippen molar-refractivity contribution in [2.24, 2.45) is 0 Å². The summed E-state index contributed by atoms with van der Waals surface area (Å²) in [5.74, 6) is -0.278. The van der Waals surface area contributed by atoms with Crippen molar-refractivity contribution in [3.63, 3.8) is 0 Å². The number of anilines is 2. The van der Waals surface area contributed by atoms with Crippen molar-refractivity contribution in [3.8, 4) is 0 Å². The normalized spacial score (nSPS) is 10.3. The van der Waals surface area contributed by atoms with Gasteiger partial charge in [0.1, 0.15) is 0 Å². The van der Waals surface area contributed by atoms with Crippen molar-refractivity contribution in [1.82, 2.24) is 0 Å². The third-order valence-corrected chi connectivity index (χ3v) is 3.44. The average molecular weight is 295 g/mol. The molecule has 0 saturated heterocycles. The molecule has 0 saturated carbocycles. The first-order chi connectivity index (χ1) is 8.99. The van der Waals surface area contributed by atoms with Gasteiger partial charge < -0.3 is 11.1 Å². The predicted octanol–water partition coefficient (Wildman–Crippen LogP) is 4.14. The van der Waals surface area contributed by atoms with E-state index in [0.29, 0.717) is 27.0 Å². The Hall–Kier alpha value is -1.71. The van der Waals surface area contributed by atoms with Gasteiger partial charge in [0.2, 0.25) is 0 Å². The van der Waals surface area contributed by atoms with Crippen LogP contribution in [-0.2, 0) is 0 Å². The molecule has 0 unspecified atom stereocenters. The lowest BCUT2D eigenvalue weighted by molar-refractivity contribution is 0.102. The van der Waals surface area contributed by atoms with Gasteiger partial charge in [-0.05, 0) is 42.8 Å². The quantitative estimate of drug-likeness (QED) is 0.818. The topological polar surface area (TPSA) is 55.1 Å². The maximum absolute atomic E-state index is 12.1. The smallest absolute Gasteiger partial charge is 0.255 e. The largest absolute Gasteiger partial charge is 0.397 e. The first-order valence-electron chi connectivity index (χ1n) is 5.60. The van der Waals surface area contributed by atoms with Crippen molar-refractivity contribution in [3.05, 3.63) is 57.6 Å². The summed E-state index contributed by atoms with van der Waals surface area (Å²) in [5, 5.41) is 3.72. The first kappa shape index (κ1) is 13.7. The van der Waals surface area contributed by atoms with Gasteiger partial charge in [0.15, 0.2) is 0 Å². The monoisotopic (exact) mass is 294 g/mol. The van der Waals surface area contributed by atoms with E-state index in [1.807, 2.05) is 6.92 Å². The number of nitrogens with one attached hydrogen (secondary N) is 1. The van der Waals surface area contributed by atoms with Gasteiger partial charge in [-0.2, -0.15) is 0 Å². The van der Waals surface area contributed by atoms with Crippen LogP contribution in [0.2, 0.25) is 10.0 Å². The van der Waals surface area contributed by atoms with Gasteiger partial charge in [-0.1, -0.05) is 29.3 Å². The highest BCUT2D eigenvalue weighted by molar-refractivity contribution is 6.34. The lowest BCUT2D eigenvalue weighted by Gasteiger charge is -2.10. The summed E-state index contributed by atoms with van der Waals surface area (Å²) in [6.07, 6.45) is 0. The highest BCUT2D eigenvalue weighted by Gasteiger charge is 2.11. The second kappa shape index (κ2) is 5.51. The van der Waals surface area contributed by atoms with Crippen LogP contribution >= 0.6 is 23.2 Å². The summed E-state index contributed by atoms with van der Waals surface area (Å²) >= 11 is 11.9. The Balaban J connectivity index is 2.28. The first-order valence-corrected chi connectivity index (χ1v) is 6.36. The van der Waals surface area contributed by atoms with Gasteiger partial charge >= 0.3 is 0 Å². The third kappa shape index (κ3) is 3.00. The second-order valence-corrected chi connectivity index (χ2v) is 4.94. The molecular weight excluding hydrogens is 283 g/mol. The molecular formula is C14H12Cl2N2O. The molecule has 0 aliphatic heterocycles. The highest BCUT2D eigenvalue weighted by atomic mass is 35.5. The van der Waals surface area contributed by atoms with Gasteiger partial charge in [0, 0.05) is 10.6 Å². The Morgan fingerprint density at radius 1 is 1.16 bits per heavy atom. The molecule has 2 aromatic rings. The minimum atomic E-state index is -0.278. The van der Waals surface area contributed by atoms with E-state index in [1.54, 1.807) is 36.4 Å². The number of rotatable bonds is 2. The summed E-state index contributed by atoms with van der Waals surface area (Å²) < 4.78 is 0. The molecule has 0 aliphatic carbocycles. The van der Waals surface area contributed by atoms with E-state index in [9.17, 15) is 4.79 Å². The van der Waals surface area contributed by atoms with Gasteiger partial charge in [-0.3, -0.25) is 4.79 Å². The van der Waals surface area contributed by atoms with E-state index in [-0.39, 0.29) is 5.91 Å². The summed E-state index contributed by atoms with van der Waals surface area (Å²) in [6, 6.07) is 10.1. The van der Waals surface area contributed by atoms with Crippen LogP contribution in [0.25, 0.3) is 0 Å². The third-order valence-electron chi connectivity index (χ3n) is 2.70. The molecule has 98 valence electrons. The number of nitrogens with two attached hydrogens (primary N) is 1. The maximum Gasteiger partial charge on any atom is 0.255 e. The van der Waals surface area contributed by atoms with E-state index >= 15 is 0 Å². The number of carbonyl (C=O) groups is 1. The van der Waals surface area contributed by atoms with E-state index in [1.165, 1.54) is 0 Å². The number of amides is 1. The molecule has 3 N–H and O–H groups in total. The second-order valence-electron chi connectivity index (χ2n) is 4.12. The zero-order valence-electron chi connectivity index (χ0n) is 10.2. The van der Waals surface area contributed by atoms with Crippen molar-refractivity contribution in [1.29, 1.82) is 0 Å². The van der Waals surface area contributed by atoms with E-state index < -0.39 is 0 Å². The fourth-order valence-corrected chi connectivity index (χ4v) is 1.99. The molecule has 19 heavy (non-hydrogen) atoms. The van der Waals surface area contributed by atoms with Crippen LogP contribution in [0.5, 0.6) is 0 Å². The number of aryl methyl sites for hydroxylation is 1. The molecule has 2 aromatic carbocycles. The fraction of sp³-hybridized carbons (Fsp3) is 0.0714. The number of nitrogen functional groups attached to an aromatic ring is 1. The van der Waals surface area contributed by atoms with Crippen molar-refractivity contribution >= 4 is 40.5 Å². The van der Waals surface area contributed by atoms with Gasteiger partial charge in [-0.15, -0.1) is 0 Å². The zero-order chi connectivity index (χ0) is 14.0. The fourth-order valence-electron chi connectivity index (χ4n) is 1.64. The van der Waals surface area contributed by atoms with Crippen molar-refractivity contribution < 1.29 is 4.79 Å². The molecule has 0 spiro atoms. The molecule has 0 bridgehead atoms. The van der Waals surface area contributed by atoms with Crippen molar-refractivity contribution in [2.45, 2.75) is 6.92 Å².